The lowest BCUT2D eigenvalue weighted by atomic mass is 9.86. The van der Waals surface area contributed by atoms with Gasteiger partial charge in [-0.05, 0) is 70.7 Å². The van der Waals surface area contributed by atoms with E-state index in [1.807, 2.05) is 42.5 Å². The zero-order valence-electron chi connectivity index (χ0n) is 22.4. The molecule has 0 aliphatic rings. The molecule has 1 N–H and O–H groups in total. The molecule has 4 nitrogen and oxygen atoms in total. The van der Waals surface area contributed by atoms with Crippen molar-refractivity contribution in [3.05, 3.63) is 107 Å². The van der Waals surface area contributed by atoms with Crippen LogP contribution in [0.2, 0.25) is 0 Å². The van der Waals surface area contributed by atoms with Crippen LogP contribution in [-0.4, -0.2) is 34.6 Å². The molecule has 4 heteroatoms. The zero-order chi connectivity index (χ0) is 26.5. The van der Waals surface area contributed by atoms with E-state index in [4.69, 9.17) is 4.74 Å². The van der Waals surface area contributed by atoms with E-state index in [1.54, 1.807) is 12.1 Å². The summed E-state index contributed by atoms with van der Waals surface area (Å²) in [5.41, 5.74) is 3.43. The maximum atomic E-state index is 13.3. The van der Waals surface area contributed by atoms with Gasteiger partial charge in [0, 0.05) is 29.0 Å². The van der Waals surface area contributed by atoms with Gasteiger partial charge in [0.25, 0.3) is 0 Å². The lowest BCUT2D eigenvalue weighted by Crippen LogP contribution is -2.38. The normalized spacial score (nSPS) is 12.4. The molecule has 0 aliphatic heterocycles. The molecule has 0 fully saturated rings. The molecule has 1 atom stereocenters. The van der Waals surface area contributed by atoms with Gasteiger partial charge in [0.2, 0.25) is 0 Å². The summed E-state index contributed by atoms with van der Waals surface area (Å²) < 4.78 is 6.01. The van der Waals surface area contributed by atoms with E-state index < -0.39 is 5.97 Å². The lowest BCUT2D eigenvalue weighted by Gasteiger charge is -2.32. The van der Waals surface area contributed by atoms with E-state index in [0.29, 0.717) is 23.2 Å². The van der Waals surface area contributed by atoms with Gasteiger partial charge in [0.15, 0.2) is 0 Å². The van der Waals surface area contributed by atoms with Crippen molar-refractivity contribution in [1.82, 2.24) is 4.90 Å². The van der Waals surface area contributed by atoms with Crippen molar-refractivity contribution in [2.24, 2.45) is 0 Å². The van der Waals surface area contributed by atoms with Crippen LogP contribution in [0.4, 0.5) is 0 Å². The second-order valence-corrected chi connectivity index (χ2v) is 10.3. The minimum atomic E-state index is -0.564. The van der Waals surface area contributed by atoms with Gasteiger partial charge in [-0.3, -0.25) is 4.90 Å². The topological polar surface area (TPSA) is 49.8 Å². The maximum Gasteiger partial charge on any atom is 0.347 e. The van der Waals surface area contributed by atoms with Crippen molar-refractivity contribution in [1.29, 1.82) is 0 Å². The third-order valence-corrected chi connectivity index (χ3v) is 7.07. The predicted octanol–water partition coefficient (Wildman–Crippen LogP) is 7.71. The summed E-state index contributed by atoms with van der Waals surface area (Å²) in [6.45, 7) is 11.9. The number of carbonyl (C=O) groups excluding carboxylic acids is 1. The second-order valence-electron chi connectivity index (χ2n) is 10.3. The van der Waals surface area contributed by atoms with Gasteiger partial charge in [0.1, 0.15) is 17.1 Å². The fraction of sp³-hybridized carbons (Fsp3) is 0.303. The Bertz CT molecular complexity index is 1350. The summed E-state index contributed by atoms with van der Waals surface area (Å²) in [7, 11) is 0. The summed E-state index contributed by atoms with van der Waals surface area (Å²) in [6.07, 6.45) is 0.885. The quantitative estimate of drug-likeness (QED) is 0.191. The molecule has 0 aromatic heterocycles. The van der Waals surface area contributed by atoms with E-state index >= 15 is 0 Å². The Morgan fingerprint density at radius 3 is 2.24 bits per heavy atom. The molecule has 0 amide bonds. The van der Waals surface area contributed by atoms with Crippen molar-refractivity contribution in [2.75, 3.05) is 6.54 Å². The number of aromatic hydroxyl groups is 1. The van der Waals surface area contributed by atoms with Crippen LogP contribution in [0.1, 0.15) is 67.1 Å². The number of rotatable bonds is 9. The first-order valence-electron chi connectivity index (χ1n) is 13.1. The SMILES string of the molecule is Cc1ccc(OC(=O)c2ccc3ccccc3c2O)c([C@H](CCN(C(C)C)C(C)C)c2ccccc2)c1. The van der Waals surface area contributed by atoms with Crippen LogP contribution in [0.25, 0.3) is 10.8 Å². The fourth-order valence-electron chi connectivity index (χ4n) is 5.19. The average Bonchev–Trinajstić information content (AvgIpc) is 2.88. The van der Waals surface area contributed by atoms with Gasteiger partial charge < -0.3 is 9.84 Å². The van der Waals surface area contributed by atoms with Crippen molar-refractivity contribution in [2.45, 2.75) is 59.0 Å². The summed E-state index contributed by atoms with van der Waals surface area (Å²) in [5.74, 6) is -0.0428. The molecule has 0 aliphatic carbocycles. The van der Waals surface area contributed by atoms with Crippen molar-refractivity contribution in [3.8, 4) is 11.5 Å². The smallest absolute Gasteiger partial charge is 0.347 e. The van der Waals surface area contributed by atoms with Crippen LogP contribution in [0.15, 0.2) is 84.9 Å². The number of aryl methyl sites for hydroxylation is 1. The highest BCUT2D eigenvalue weighted by atomic mass is 16.5. The molecule has 4 aromatic carbocycles. The van der Waals surface area contributed by atoms with Crippen LogP contribution in [0, 0.1) is 6.92 Å². The van der Waals surface area contributed by atoms with Gasteiger partial charge in [-0.15, -0.1) is 0 Å². The number of hydrogen-bond acceptors (Lipinski definition) is 4. The number of fused-ring (bicyclic) bond motifs is 1. The molecule has 0 radical (unpaired) electrons. The first-order chi connectivity index (χ1) is 17.8. The van der Waals surface area contributed by atoms with Crippen LogP contribution in [0.5, 0.6) is 11.5 Å². The third-order valence-electron chi connectivity index (χ3n) is 7.07. The Kier molecular flexibility index (Phi) is 8.30. The molecular formula is C33H37NO3. The molecule has 0 unspecified atom stereocenters. The van der Waals surface area contributed by atoms with Crippen LogP contribution >= 0.6 is 0 Å². The monoisotopic (exact) mass is 495 g/mol. The number of carbonyl (C=O) groups is 1. The first kappa shape index (κ1) is 26.4. The number of phenols is 1. The molecule has 4 rings (SSSR count). The van der Waals surface area contributed by atoms with Crippen molar-refractivity contribution >= 4 is 16.7 Å². The lowest BCUT2D eigenvalue weighted by molar-refractivity contribution is 0.0729. The Morgan fingerprint density at radius 2 is 1.54 bits per heavy atom. The van der Waals surface area contributed by atoms with Gasteiger partial charge in [-0.2, -0.15) is 0 Å². The standard InChI is InChI=1S/C33H37NO3/c1-22(2)34(23(3)4)20-19-27(25-11-7-6-8-12-25)30-21-24(5)15-18-31(30)37-33(36)29-17-16-26-13-9-10-14-28(26)32(29)35/h6-18,21-23,27,35H,19-20H2,1-5H3/t27-/m1/s1. The van der Waals surface area contributed by atoms with E-state index in [9.17, 15) is 9.90 Å². The maximum absolute atomic E-state index is 13.3. The molecule has 0 saturated heterocycles. The Hall–Kier alpha value is -3.63. The summed E-state index contributed by atoms with van der Waals surface area (Å²) in [6, 6.07) is 28.2. The zero-order valence-corrected chi connectivity index (χ0v) is 22.4. The second kappa shape index (κ2) is 11.6. The highest BCUT2D eigenvalue weighted by Gasteiger charge is 2.24. The minimum absolute atomic E-state index is 0.0501. The molecule has 192 valence electrons. The van der Waals surface area contributed by atoms with Gasteiger partial charge in [-0.25, -0.2) is 4.79 Å². The number of hydrogen-bond donors (Lipinski definition) is 1. The molecule has 4 aromatic rings. The van der Waals surface area contributed by atoms with E-state index in [1.165, 1.54) is 5.56 Å². The minimum Gasteiger partial charge on any atom is -0.506 e. The first-order valence-corrected chi connectivity index (χ1v) is 13.1. The molecule has 0 spiro atoms. The Balaban J connectivity index is 1.70. The number of esters is 1. The highest BCUT2D eigenvalue weighted by molar-refractivity contribution is 6.01. The largest absolute Gasteiger partial charge is 0.506 e. The van der Waals surface area contributed by atoms with Crippen molar-refractivity contribution in [3.63, 3.8) is 0 Å². The number of ether oxygens (including phenoxy) is 1. The predicted molar refractivity (Wildman–Crippen MR) is 152 cm³/mol. The number of benzene rings is 4. The highest BCUT2D eigenvalue weighted by Crippen LogP contribution is 2.37. The summed E-state index contributed by atoms with van der Waals surface area (Å²) in [5, 5.41) is 12.3. The van der Waals surface area contributed by atoms with E-state index in [0.717, 1.165) is 29.5 Å². The van der Waals surface area contributed by atoms with Crippen LogP contribution in [0.3, 0.4) is 0 Å². The van der Waals surface area contributed by atoms with Crippen LogP contribution in [-0.2, 0) is 0 Å². The van der Waals surface area contributed by atoms with Gasteiger partial charge in [0.05, 0.1) is 0 Å². The van der Waals surface area contributed by atoms with Gasteiger partial charge >= 0.3 is 5.97 Å². The summed E-state index contributed by atoms with van der Waals surface area (Å²) >= 11 is 0. The molecular weight excluding hydrogens is 458 g/mol. The third kappa shape index (κ3) is 6.03. The number of phenolic OH excluding ortho intramolecular Hbond substituents is 1. The fourth-order valence-corrected chi connectivity index (χ4v) is 5.19. The van der Waals surface area contributed by atoms with E-state index in [-0.39, 0.29) is 17.2 Å². The Morgan fingerprint density at radius 1 is 0.865 bits per heavy atom. The van der Waals surface area contributed by atoms with Crippen LogP contribution < -0.4 is 4.74 Å². The molecule has 0 bridgehead atoms. The molecule has 0 heterocycles. The van der Waals surface area contributed by atoms with Crippen molar-refractivity contribution < 1.29 is 14.6 Å². The Labute approximate surface area is 220 Å². The summed E-state index contributed by atoms with van der Waals surface area (Å²) in [4.78, 5) is 15.8. The van der Waals surface area contributed by atoms with Gasteiger partial charge in [-0.1, -0.05) is 78.4 Å². The van der Waals surface area contributed by atoms with E-state index in [2.05, 4.69) is 69.9 Å². The molecule has 37 heavy (non-hydrogen) atoms. The molecule has 0 saturated carbocycles. The number of nitrogens with zero attached hydrogens (tertiary/aromatic N) is 1. The average molecular weight is 496 g/mol.